The number of amides is 2. The molecule has 13 heteroatoms. The van der Waals surface area contributed by atoms with Crippen molar-refractivity contribution in [1.29, 1.82) is 0 Å². The number of esters is 1. The van der Waals surface area contributed by atoms with Crippen LogP contribution in [-0.2, 0) is 32.0 Å². The molecule has 0 unspecified atom stereocenters. The van der Waals surface area contributed by atoms with Crippen LogP contribution in [0.15, 0.2) is 65.9 Å². The van der Waals surface area contributed by atoms with Gasteiger partial charge in [-0.3, -0.25) is 19.3 Å². The zero-order valence-electron chi connectivity index (χ0n) is 23.2. The van der Waals surface area contributed by atoms with Crippen LogP contribution in [0.5, 0.6) is 17.2 Å². The molecule has 0 aromatic heterocycles. The third-order valence-electron chi connectivity index (χ3n) is 7.34. The van der Waals surface area contributed by atoms with E-state index in [1.165, 1.54) is 24.8 Å². The number of rotatable bonds is 9. The molecule has 2 aliphatic rings. The average Bonchev–Trinajstić information content (AvgIpc) is 2.98. The number of carboxylic acids is 1. The number of nitrogens with one attached hydrogen (secondary N) is 1. The number of ether oxygens (including phenoxy) is 1. The number of carbonyl (C=O) groups excluding carboxylic acids is 3. The van der Waals surface area contributed by atoms with Crippen LogP contribution in [0.25, 0.3) is 0 Å². The topological polar surface area (TPSA) is 174 Å². The van der Waals surface area contributed by atoms with Crippen LogP contribution in [0.2, 0.25) is 5.02 Å². The van der Waals surface area contributed by atoms with Gasteiger partial charge in [0.25, 0.3) is 11.8 Å². The van der Waals surface area contributed by atoms with E-state index in [4.69, 9.17) is 16.3 Å². The Morgan fingerprint density at radius 2 is 1.64 bits per heavy atom. The van der Waals surface area contributed by atoms with Gasteiger partial charge in [0.1, 0.15) is 41.0 Å². The number of hydrogen-bond acceptors (Lipinski definition) is 9. The second kappa shape index (κ2) is 12.5. The van der Waals surface area contributed by atoms with Crippen molar-refractivity contribution in [3.8, 4) is 17.2 Å². The van der Waals surface area contributed by atoms with Crippen LogP contribution in [0.1, 0.15) is 39.5 Å². The van der Waals surface area contributed by atoms with Crippen LogP contribution in [0.4, 0.5) is 0 Å². The number of aliphatic carboxylic acids is 1. The number of thioether (sulfide) groups is 1. The van der Waals surface area contributed by atoms with Crippen molar-refractivity contribution in [1.82, 2.24) is 10.2 Å². The number of para-hydroxylation sites is 2. The third kappa shape index (κ3) is 6.03. The zero-order valence-corrected chi connectivity index (χ0v) is 24.8. The summed E-state index contributed by atoms with van der Waals surface area (Å²) in [5.74, 6) is -3.52. The van der Waals surface area contributed by atoms with Gasteiger partial charge in [-0.1, -0.05) is 41.9 Å². The molecule has 0 aliphatic carbocycles. The van der Waals surface area contributed by atoms with Crippen molar-refractivity contribution in [2.24, 2.45) is 0 Å². The van der Waals surface area contributed by atoms with E-state index in [1.807, 2.05) is 0 Å². The summed E-state index contributed by atoms with van der Waals surface area (Å²) in [7, 11) is 0. The van der Waals surface area contributed by atoms with Gasteiger partial charge in [0, 0.05) is 47.2 Å². The molecule has 228 valence electrons. The Bertz CT molecular complexity index is 1720. The van der Waals surface area contributed by atoms with Gasteiger partial charge in [0.05, 0.1) is 5.56 Å². The molecule has 3 aromatic rings. The lowest BCUT2D eigenvalue weighted by atomic mass is 9.95. The molecule has 5 rings (SSSR count). The van der Waals surface area contributed by atoms with E-state index in [-0.39, 0.29) is 59.3 Å². The van der Waals surface area contributed by atoms with Gasteiger partial charge in [0.15, 0.2) is 0 Å². The summed E-state index contributed by atoms with van der Waals surface area (Å²) in [5.41, 5.74) is 1.62. The molecule has 0 bridgehead atoms. The van der Waals surface area contributed by atoms with Gasteiger partial charge in [-0.05, 0) is 35.4 Å². The lowest BCUT2D eigenvalue weighted by Gasteiger charge is -2.49. The first-order chi connectivity index (χ1) is 21.0. The lowest BCUT2D eigenvalue weighted by Crippen LogP contribution is -2.70. The van der Waals surface area contributed by atoms with E-state index in [9.17, 15) is 39.6 Å². The van der Waals surface area contributed by atoms with Gasteiger partial charge in [-0.25, -0.2) is 4.79 Å². The van der Waals surface area contributed by atoms with Crippen molar-refractivity contribution in [2.75, 3.05) is 12.4 Å². The number of hydrogen-bond donors (Lipinski definition) is 5. The largest absolute Gasteiger partial charge is 0.508 e. The van der Waals surface area contributed by atoms with Gasteiger partial charge < -0.3 is 30.5 Å². The van der Waals surface area contributed by atoms with Gasteiger partial charge in [-0.2, -0.15) is 0 Å². The second-order valence-corrected chi connectivity index (χ2v) is 11.8. The highest BCUT2D eigenvalue weighted by molar-refractivity contribution is 8.00. The minimum atomic E-state index is -1.35. The van der Waals surface area contributed by atoms with E-state index in [1.54, 1.807) is 48.5 Å². The van der Waals surface area contributed by atoms with Crippen LogP contribution in [0, 0.1) is 0 Å². The van der Waals surface area contributed by atoms with E-state index < -0.39 is 35.2 Å². The Hall–Kier alpha value is -4.68. The summed E-state index contributed by atoms with van der Waals surface area (Å²) in [5, 5.41) is 44.2. The van der Waals surface area contributed by atoms with Crippen molar-refractivity contribution in [2.45, 2.75) is 31.2 Å². The fraction of sp³-hybridized carbons (Fsp3) is 0.226. The Balaban J connectivity index is 1.33. The summed E-state index contributed by atoms with van der Waals surface area (Å²) in [6.45, 7) is 0.925. The van der Waals surface area contributed by atoms with Gasteiger partial charge >= 0.3 is 11.9 Å². The number of fused-ring (bicyclic) bond motifs is 1. The zero-order chi connectivity index (χ0) is 31.7. The molecule has 5 N–H and O–H groups in total. The Labute approximate surface area is 260 Å². The van der Waals surface area contributed by atoms with Crippen molar-refractivity contribution >= 4 is 47.1 Å². The molecule has 2 heterocycles. The molecule has 2 aliphatic heterocycles. The Morgan fingerprint density at radius 3 is 2.30 bits per heavy atom. The van der Waals surface area contributed by atoms with Crippen LogP contribution in [-0.4, -0.2) is 72.9 Å². The molecular weight excluding hydrogens is 612 g/mol. The number of halogens is 1. The smallest absolute Gasteiger partial charge is 0.352 e. The monoisotopic (exact) mass is 638 g/mol. The molecule has 0 radical (unpaired) electrons. The third-order valence-corrected chi connectivity index (χ3v) is 8.89. The molecule has 11 nitrogen and oxygen atoms in total. The van der Waals surface area contributed by atoms with Crippen LogP contribution >= 0.6 is 23.4 Å². The predicted octanol–water partition coefficient (Wildman–Crippen LogP) is 3.55. The summed E-state index contributed by atoms with van der Waals surface area (Å²) in [4.78, 5) is 50.4. The van der Waals surface area contributed by atoms with Crippen molar-refractivity contribution < 1.29 is 44.3 Å². The summed E-state index contributed by atoms with van der Waals surface area (Å²) < 4.78 is 4.93. The highest BCUT2D eigenvalue weighted by Crippen LogP contribution is 2.41. The molecule has 44 heavy (non-hydrogen) atoms. The number of phenols is 3. The lowest BCUT2D eigenvalue weighted by molar-refractivity contribution is -0.149. The maximum Gasteiger partial charge on any atom is 0.352 e. The van der Waals surface area contributed by atoms with E-state index in [0.29, 0.717) is 27.3 Å². The van der Waals surface area contributed by atoms with Gasteiger partial charge in [0.2, 0.25) is 0 Å². The first-order valence-corrected chi connectivity index (χ1v) is 14.8. The summed E-state index contributed by atoms with van der Waals surface area (Å²) in [6, 6.07) is 13.3. The highest BCUT2D eigenvalue weighted by Gasteiger charge is 2.54. The number of benzene rings is 3. The summed E-state index contributed by atoms with van der Waals surface area (Å²) >= 11 is 7.55. The van der Waals surface area contributed by atoms with Crippen molar-refractivity contribution in [3.63, 3.8) is 0 Å². The maximum absolute atomic E-state index is 13.2. The molecule has 0 saturated carbocycles. The van der Waals surface area contributed by atoms with Gasteiger partial charge in [-0.15, -0.1) is 11.8 Å². The molecule has 1 saturated heterocycles. The number of aromatic hydroxyl groups is 3. The quantitative estimate of drug-likeness (QED) is 0.172. The van der Waals surface area contributed by atoms with E-state index >= 15 is 0 Å². The molecular formula is C31H27ClN2O9S. The average molecular weight is 639 g/mol. The number of carboxylic acid groups (broad SMARTS) is 1. The van der Waals surface area contributed by atoms with Crippen LogP contribution < -0.4 is 5.32 Å². The van der Waals surface area contributed by atoms with E-state index in [2.05, 4.69) is 5.32 Å². The molecule has 0 spiro atoms. The first kappa shape index (κ1) is 30.8. The second-order valence-electron chi connectivity index (χ2n) is 10.3. The molecule has 2 atom stereocenters. The van der Waals surface area contributed by atoms with Crippen LogP contribution in [0.3, 0.4) is 0 Å². The predicted molar refractivity (Wildman–Crippen MR) is 161 cm³/mol. The standard InChI is InChI=1S/C31H27ClN2O9S/c1-15(35)43-13-20-14-44-30-24(29(40)34(30)25(20)31(41)42)33-28(39)22-7-4-6-17(27(22)38)10-19-12-21(32)11-18(26(19)37)9-16-5-2-3-8-23(16)36/h2-8,11-12,24,30,36-38H,9-10,13-14H2,1H3,(H,33,39)(H,41,42)/t24-,30-/m1/s1. The number of nitrogens with zero attached hydrogens (tertiary/aromatic N) is 1. The molecule has 1 fully saturated rings. The minimum Gasteiger partial charge on any atom is -0.508 e. The highest BCUT2D eigenvalue weighted by atomic mass is 35.5. The fourth-order valence-corrected chi connectivity index (χ4v) is 6.77. The Kier molecular flexibility index (Phi) is 8.75. The maximum atomic E-state index is 13.2. The number of β-lactam (4-membered cyclic amide) rings is 1. The molecule has 3 aromatic carbocycles. The van der Waals surface area contributed by atoms with Crippen molar-refractivity contribution in [3.05, 3.63) is 98.7 Å². The SMILES string of the molecule is CC(=O)OCC1=C(C(=O)O)N2C(=O)[C@@H](NC(=O)c3cccc(Cc4cc(Cl)cc(Cc5ccccc5O)c4O)c3O)[C@H]2SC1. The van der Waals surface area contributed by atoms with E-state index in [0.717, 1.165) is 4.90 Å². The minimum absolute atomic E-state index is 0.0135. The normalized spacial score (nSPS) is 17.5. The molecule has 2 amide bonds. The first-order valence-electron chi connectivity index (χ1n) is 13.4. The summed E-state index contributed by atoms with van der Waals surface area (Å²) in [6.07, 6.45) is 0.218. The fourth-order valence-electron chi connectivity index (χ4n) is 5.18. The number of carbonyl (C=O) groups is 4. The Morgan fingerprint density at radius 1 is 0.977 bits per heavy atom. The number of phenolic OH excluding ortho intramolecular Hbond substituents is 3.